The van der Waals surface area contributed by atoms with E-state index in [1.165, 1.54) is 77.8 Å². The molecule has 0 spiro atoms. The van der Waals surface area contributed by atoms with Gasteiger partial charge in [0.25, 0.3) is 0 Å². The minimum atomic E-state index is -0.000620. The van der Waals surface area contributed by atoms with Gasteiger partial charge in [-0.05, 0) is 170 Å². The van der Waals surface area contributed by atoms with Crippen molar-refractivity contribution < 1.29 is 4.42 Å². The van der Waals surface area contributed by atoms with E-state index in [1.807, 2.05) is 0 Å². The van der Waals surface area contributed by atoms with Gasteiger partial charge in [-0.15, -0.1) is 0 Å². The average molecular weight is 898 g/mol. The molecule has 1 aliphatic heterocycles. The zero-order chi connectivity index (χ0) is 47.6. The quantitative estimate of drug-likeness (QED) is 0.169. The molecule has 2 heterocycles. The Morgan fingerprint density at radius 1 is 0.478 bits per heavy atom. The molecular weight excluding hydrogens is 836 g/mol. The molecular formula is C65H62BN2O. The van der Waals surface area contributed by atoms with Gasteiger partial charge >= 0.3 is 0 Å². The normalized spacial score (nSPS) is 17.1. The lowest BCUT2D eigenvalue weighted by Gasteiger charge is -2.44. The zero-order valence-electron chi connectivity index (χ0n) is 41.8. The third-order valence-corrected chi connectivity index (χ3v) is 16.5. The number of rotatable bonds is 6. The smallest absolute Gasteiger partial charge is 0.198 e. The minimum absolute atomic E-state index is 0.000620. The van der Waals surface area contributed by atoms with Gasteiger partial charge in [-0.3, -0.25) is 0 Å². The first kappa shape index (κ1) is 43.5. The third kappa shape index (κ3) is 7.16. The largest absolute Gasteiger partial charge is 0.454 e. The molecule has 0 saturated heterocycles. The van der Waals surface area contributed by atoms with Crippen molar-refractivity contribution in [2.24, 2.45) is 0 Å². The van der Waals surface area contributed by atoms with Crippen LogP contribution in [0.4, 0.5) is 28.4 Å². The molecule has 12 rings (SSSR count). The summed E-state index contributed by atoms with van der Waals surface area (Å²) in [6.07, 6.45) is 4.57. The number of anilines is 5. The van der Waals surface area contributed by atoms with E-state index in [1.54, 1.807) is 0 Å². The van der Waals surface area contributed by atoms with Crippen LogP contribution in [0.25, 0.3) is 55.3 Å². The van der Waals surface area contributed by atoms with Crippen LogP contribution in [-0.4, -0.2) is 7.28 Å². The molecule has 8 aromatic carbocycles. The standard InChI is InChI=1S/C65H62BN2O/c1-40-34-44(42-20-14-11-15-21-42)26-29-56(40)68-57-39-53-51(63(4,5)31-33-65(53,8)9)37-54(57)66-59-48(35-49-46-22-16-17-23-58(46)69-61(49)60(59)68)47-36-50-52(64(6,7)32-30-62(50,2)3)38-55(47)67-45-27-24-43(25-28-45)41-18-12-10-13-19-41/h10-29,34-39,67H,30-33H2,1-9H3. The highest BCUT2D eigenvalue weighted by Gasteiger charge is 2.42. The van der Waals surface area contributed by atoms with Crippen LogP contribution in [0.3, 0.4) is 0 Å². The number of furan rings is 1. The fourth-order valence-electron chi connectivity index (χ4n) is 12.1. The first-order chi connectivity index (χ1) is 33.1. The minimum Gasteiger partial charge on any atom is -0.454 e. The summed E-state index contributed by atoms with van der Waals surface area (Å²) in [5.41, 5.74) is 24.1. The highest BCUT2D eigenvalue weighted by molar-refractivity contribution is 6.74. The molecule has 2 aliphatic carbocycles. The summed E-state index contributed by atoms with van der Waals surface area (Å²) in [7, 11) is 2.50. The van der Waals surface area contributed by atoms with Gasteiger partial charge in [-0.25, -0.2) is 0 Å². The Labute approximate surface area is 409 Å². The second-order valence-corrected chi connectivity index (χ2v) is 23.0. The molecule has 1 aromatic heterocycles. The maximum Gasteiger partial charge on any atom is 0.198 e. The number of nitrogens with one attached hydrogen (secondary N) is 1. The van der Waals surface area contributed by atoms with Crippen molar-refractivity contribution in [3.05, 3.63) is 186 Å². The summed E-state index contributed by atoms with van der Waals surface area (Å²) < 4.78 is 7.18. The van der Waals surface area contributed by atoms with E-state index in [2.05, 4.69) is 238 Å². The van der Waals surface area contributed by atoms with Gasteiger partial charge in [0.05, 0.1) is 5.69 Å². The monoisotopic (exact) mass is 897 g/mol. The van der Waals surface area contributed by atoms with E-state index < -0.39 is 0 Å². The van der Waals surface area contributed by atoms with E-state index >= 15 is 0 Å². The van der Waals surface area contributed by atoms with Gasteiger partial charge in [0.1, 0.15) is 5.58 Å². The molecule has 341 valence electrons. The van der Waals surface area contributed by atoms with E-state index in [-0.39, 0.29) is 21.7 Å². The predicted octanol–water partition coefficient (Wildman–Crippen LogP) is 16.8. The van der Waals surface area contributed by atoms with Gasteiger partial charge in [-0.1, -0.05) is 164 Å². The predicted molar refractivity (Wildman–Crippen MR) is 295 cm³/mol. The summed E-state index contributed by atoms with van der Waals surface area (Å²) in [5, 5.41) is 6.30. The van der Waals surface area contributed by atoms with Crippen molar-refractivity contribution >= 4 is 68.6 Å². The molecule has 9 aromatic rings. The molecule has 4 heteroatoms. The lowest BCUT2D eigenvalue weighted by Crippen LogP contribution is -2.44. The van der Waals surface area contributed by atoms with Gasteiger partial charge in [0, 0.05) is 39.1 Å². The lowest BCUT2D eigenvalue weighted by molar-refractivity contribution is 0.332. The summed E-state index contributed by atoms with van der Waals surface area (Å²) in [5.74, 6) is 0. The molecule has 1 radical (unpaired) electrons. The number of hydrogen-bond acceptors (Lipinski definition) is 3. The average Bonchev–Trinajstić information content (AvgIpc) is 3.72. The van der Waals surface area contributed by atoms with E-state index in [0.29, 0.717) is 0 Å². The molecule has 69 heavy (non-hydrogen) atoms. The Kier molecular flexibility index (Phi) is 9.85. The highest BCUT2D eigenvalue weighted by Crippen LogP contribution is 2.53. The molecule has 3 nitrogen and oxygen atoms in total. The number of nitrogens with zero attached hydrogens (tertiary/aromatic N) is 1. The Morgan fingerprint density at radius 2 is 1.01 bits per heavy atom. The van der Waals surface area contributed by atoms with Gasteiger partial charge in [0.15, 0.2) is 12.9 Å². The van der Waals surface area contributed by atoms with Gasteiger partial charge in [0.2, 0.25) is 0 Å². The Morgan fingerprint density at radius 3 is 1.65 bits per heavy atom. The number of benzene rings is 8. The van der Waals surface area contributed by atoms with Gasteiger partial charge < -0.3 is 14.6 Å². The molecule has 0 saturated carbocycles. The van der Waals surface area contributed by atoms with Crippen molar-refractivity contribution in [1.82, 2.24) is 0 Å². The van der Waals surface area contributed by atoms with Crippen LogP contribution in [0, 0.1) is 6.92 Å². The van der Waals surface area contributed by atoms with E-state index in [4.69, 9.17) is 4.42 Å². The Bertz CT molecular complexity index is 3500. The first-order valence-electron chi connectivity index (χ1n) is 25.2. The van der Waals surface area contributed by atoms with Crippen molar-refractivity contribution in [2.45, 2.75) is 110 Å². The van der Waals surface area contributed by atoms with E-state index in [9.17, 15) is 0 Å². The van der Waals surface area contributed by atoms with Crippen molar-refractivity contribution in [2.75, 3.05) is 10.2 Å². The molecule has 0 amide bonds. The van der Waals surface area contributed by atoms with Crippen LogP contribution in [0.5, 0.6) is 0 Å². The van der Waals surface area contributed by atoms with Gasteiger partial charge in [-0.2, -0.15) is 0 Å². The SMILES string of the molecule is Cc1cc(-c2ccccc2)ccc1N1c2cc3c(cc2[B]c2c(-c4cc5c(cc4Nc4ccc(-c6ccccc6)cc4)C(C)(C)CCC5(C)C)cc4c(oc5ccccc54)c21)C(C)(C)CCC3(C)C. The maximum atomic E-state index is 7.18. The summed E-state index contributed by atoms with van der Waals surface area (Å²) >= 11 is 0. The highest BCUT2D eigenvalue weighted by atomic mass is 16.3. The van der Waals surface area contributed by atoms with Crippen LogP contribution in [-0.2, 0) is 21.7 Å². The molecule has 0 fully saturated rings. The fourth-order valence-corrected chi connectivity index (χ4v) is 12.1. The molecule has 0 unspecified atom stereocenters. The summed E-state index contributed by atoms with van der Waals surface area (Å²) in [6.45, 7) is 21.8. The number of fused-ring (bicyclic) bond motifs is 8. The fraction of sp³-hybridized carbons (Fsp3) is 0.262. The van der Waals surface area contributed by atoms with Crippen LogP contribution >= 0.6 is 0 Å². The summed E-state index contributed by atoms with van der Waals surface area (Å²) in [4.78, 5) is 2.57. The van der Waals surface area contributed by atoms with Crippen molar-refractivity contribution in [1.29, 1.82) is 0 Å². The second-order valence-electron chi connectivity index (χ2n) is 23.0. The van der Waals surface area contributed by atoms with Crippen LogP contribution in [0.1, 0.15) is 109 Å². The molecule has 1 N–H and O–H groups in total. The second kappa shape index (κ2) is 15.6. The third-order valence-electron chi connectivity index (χ3n) is 16.5. The number of hydrogen-bond donors (Lipinski definition) is 1. The molecule has 3 aliphatic rings. The van der Waals surface area contributed by atoms with Crippen molar-refractivity contribution in [3.63, 3.8) is 0 Å². The van der Waals surface area contributed by atoms with Crippen LogP contribution in [0.15, 0.2) is 162 Å². The maximum absolute atomic E-state index is 7.18. The Hall–Kier alpha value is -6.78. The topological polar surface area (TPSA) is 28.4 Å². The molecule has 0 bridgehead atoms. The van der Waals surface area contributed by atoms with Crippen molar-refractivity contribution in [3.8, 4) is 33.4 Å². The Balaban J connectivity index is 1.16. The lowest BCUT2D eigenvalue weighted by atomic mass is 9.55. The number of para-hydroxylation sites is 1. The summed E-state index contributed by atoms with van der Waals surface area (Å²) in [6, 6.07) is 58.6. The molecule has 0 atom stereocenters. The number of aryl methyl sites for hydroxylation is 1. The zero-order valence-corrected chi connectivity index (χ0v) is 41.8. The van der Waals surface area contributed by atoms with E-state index in [0.717, 1.165) is 70.4 Å². The van der Waals surface area contributed by atoms with Crippen LogP contribution < -0.4 is 21.1 Å². The van der Waals surface area contributed by atoms with Crippen LogP contribution in [0.2, 0.25) is 0 Å². The first-order valence-corrected chi connectivity index (χ1v) is 25.2.